The Morgan fingerprint density at radius 3 is 2.63 bits per heavy atom. The molecule has 2 rings (SSSR count). The molecule has 0 aliphatic heterocycles. The summed E-state index contributed by atoms with van der Waals surface area (Å²) in [5, 5.41) is 21.9. The Bertz CT molecular complexity index is 885. The number of nitrogens with zero attached hydrogens (tertiary/aromatic N) is 2. The van der Waals surface area contributed by atoms with Gasteiger partial charge in [-0.15, -0.1) is 0 Å². The Morgan fingerprint density at radius 2 is 2.00 bits per heavy atom. The van der Waals surface area contributed by atoms with Crippen LogP contribution in [0.4, 0.5) is 5.69 Å². The van der Waals surface area contributed by atoms with Crippen molar-refractivity contribution < 1.29 is 19.2 Å². The average Bonchev–Trinajstić information content (AvgIpc) is 2.69. The van der Waals surface area contributed by atoms with Crippen molar-refractivity contribution in [1.29, 1.82) is 5.26 Å². The maximum Gasteiger partial charge on any atom is 0.269 e. The van der Waals surface area contributed by atoms with E-state index in [0.717, 1.165) is 11.1 Å². The summed E-state index contributed by atoms with van der Waals surface area (Å²) < 4.78 is 10.4. The van der Waals surface area contributed by atoms with E-state index < -0.39 is 4.92 Å². The molecule has 0 fully saturated rings. The molecule has 0 spiro atoms. The minimum Gasteiger partial charge on any atom is -0.493 e. The topological polar surface area (TPSA) is 114 Å². The van der Waals surface area contributed by atoms with Crippen LogP contribution in [0.5, 0.6) is 11.5 Å². The van der Waals surface area contributed by atoms with Gasteiger partial charge in [-0.3, -0.25) is 14.9 Å². The third kappa shape index (κ3) is 5.86. The quantitative estimate of drug-likeness (QED) is 0.436. The molecule has 0 aromatic heterocycles. The number of hydrogen-bond acceptors (Lipinski definition) is 6. The lowest BCUT2D eigenvalue weighted by molar-refractivity contribution is -0.384. The summed E-state index contributed by atoms with van der Waals surface area (Å²) in [6.45, 7) is 0.169. The van der Waals surface area contributed by atoms with Gasteiger partial charge in [-0.05, 0) is 29.3 Å². The lowest BCUT2D eigenvalue weighted by Gasteiger charge is -2.08. The summed E-state index contributed by atoms with van der Waals surface area (Å²) in [4.78, 5) is 22.1. The molecule has 27 heavy (non-hydrogen) atoms. The third-order valence-corrected chi connectivity index (χ3v) is 3.52. The van der Waals surface area contributed by atoms with Crippen molar-refractivity contribution in [3.8, 4) is 17.6 Å². The molecule has 0 aliphatic rings. The van der Waals surface area contributed by atoms with Crippen LogP contribution >= 0.6 is 0 Å². The smallest absolute Gasteiger partial charge is 0.269 e. The maximum atomic E-state index is 11.9. The van der Waals surface area contributed by atoms with Crippen LogP contribution in [0, 0.1) is 21.4 Å². The van der Waals surface area contributed by atoms with Crippen LogP contribution < -0.4 is 14.8 Å². The molecule has 8 nitrogen and oxygen atoms in total. The number of methoxy groups -OCH3 is 1. The van der Waals surface area contributed by atoms with Crippen LogP contribution in [0.3, 0.4) is 0 Å². The van der Waals surface area contributed by atoms with Crippen LogP contribution in [0.15, 0.2) is 48.5 Å². The van der Waals surface area contributed by atoms with Crippen LogP contribution in [0.25, 0.3) is 6.08 Å². The van der Waals surface area contributed by atoms with Gasteiger partial charge in [0.15, 0.2) is 18.1 Å². The molecule has 2 aromatic carbocycles. The van der Waals surface area contributed by atoms with Crippen LogP contribution in [0.1, 0.15) is 11.1 Å². The van der Waals surface area contributed by atoms with Crippen LogP contribution in [0.2, 0.25) is 0 Å². The molecule has 2 aromatic rings. The highest BCUT2D eigenvalue weighted by atomic mass is 16.6. The van der Waals surface area contributed by atoms with E-state index in [1.165, 1.54) is 25.3 Å². The molecular formula is C19H17N3O5. The van der Waals surface area contributed by atoms with Gasteiger partial charge in [-0.2, -0.15) is 5.26 Å². The molecule has 0 atom stereocenters. The van der Waals surface area contributed by atoms with Crippen molar-refractivity contribution >= 4 is 17.7 Å². The maximum absolute atomic E-state index is 11.9. The van der Waals surface area contributed by atoms with E-state index in [0.29, 0.717) is 11.5 Å². The lowest BCUT2D eigenvalue weighted by atomic mass is 10.2. The fourth-order valence-corrected chi connectivity index (χ4v) is 2.17. The second-order valence-electron chi connectivity index (χ2n) is 5.33. The molecule has 0 bridgehead atoms. The average molecular weight is 367 g/mol. The number of carbonyl (C=O) groups is 1. The predicted octanol–water partition coefficient (Wildman–Crippen LogP) is 2.84. The first-order valence-corrected chi connectivity index (χ1v) is 7.90. The minimum absolute atomic E-state index is 0.00103. The highest BCUT2D eigenvalue weighted by Gasteiger charge is 2.06. The Balaban J connectivity index is 1.93. The van der Waals surface area contributed by atoms with Crippen molar-refractivity contribution in [2.75, 3.05) is 13.7 Å². The van der Waals surface area contributed by atoms with Crippen molar-refractivity contribution in [2.45, 2.75) is 6.54 Å². The number of nitriles is 1. The third-order valence-electron chi connectivity index (χ3n) is 3.52. The molecule has 0 unspecified atom stereocenters. The van der Waals surface area contributed by atoms with Gasteiger partial charge in [0.25, 0.3) is 5.69 Å². The Morgan fingerprint density at radius 1 is 1.26 bits per heavy atom. The molecule has 0 aliphatic carbocycles. The van der Waals surface area contributed by atoms with Crippen molar-refractivity contribution in [2.24, 2.45) is 0 Å². The van der Waals surface area contributed by atoms with E-state index in [4.69, 9.17) is 14.7 Å². The van der Waals surface area contributed by atoms with E-state index in [-0.39, 0.29) is 24.7 Å². The fourth-order valence-electron chi connectivity index (χ4n) is 2.17. The van der Waals surface area contributed by atoms with Crippen molar-refractivity contribution in [3.05, 3.63) is 69.8 Å². The number of ether oxygens (including phenoxy) is 2. The van der Waals surface area contributed by atoms with Gasteiger partial charge in [-0.1, -0.05) is 18.2 Å². The Labute approximate surface area is 155 Å². The number of hydrogen-bond donors (Lipinski definition) is 1. The molecule has 1 N–H and O–H groups in total. The van der Waals surface area contributed by atoms with Crippen molar-refractivity contribution in [1.82, 2.24) is 5.32 Å². The zero-order valence-corrected chi connectivity index (χ0v) is 14.5. The van der Waals surface area contributed by atoms with E-state index >= 15 is 0 Å². The van der Waals surface area contributed by atoms with Crippen LogP contribution in [-0.4, -0.2) is 24.5 Å². The normalized spacial score (nSPS) is 10.2. The van der Waals surface area contributed by atoms with E-state index in [9.17, 15) is 14.9 Å². The van der Waals surface area contributed by atoms with Gasteiger partial charge >= 0.3 is 0 Å². The molecule has 138 valence electrons. The first-order chi connectivity index (χ1) is 13.0. The number of non-ortho nitro benzene ring substituents is 1. The van der Waals surface area contributed by atoms with Crippen molar-refractivity contribution in [3.63, 3.8) is 0 Å². The summed E-state index contributed by atoms with van der Waals surface area (Å²) in [6, 6.07) is 12.9. The van der Waals surface area contributed by atoms with E-state index in [1.54, 1.807) is 36.4 Å². The molecule has 1 amide bonds. The van der Waals surface area contributed by atoms with Gasteiger partial charge in [0, 0.05) is 24.8 Å². The number of nitrogens with one attached hydrogen (secondary N) is 1. The second-order valence-corrected chi connectivity index (χ2v) is 5.33. The Kier molecular flexibility index (Phi) is 6.91. The number of amides is 1. The molecule has 0 saturated carbocycles. The second kappa shape index (κ2) is 9.58. The Hall–Kier alpha value is -3.86. The lowest BCUT2D eigenvalue weighted by Crippen LogP contribution is -2.20. The summed E-state index contributed by atoms with van der Waals surface area (Å²) in [7, 11) is 1.49. The predicted molar refractivity (Wildman–Crippen MR) is 98.1 cm³/mol. The molecule has 0 saturated heterocycles. The highest BCUT2D eigenvalue weighted by Crippen LogP contribution is 2.28. The number of benzene rings is 2. The number of rotatable bonds is 8. The molecule has 0 radical (unpaired) electrons. The van der Waals surface area contributed by atoms with E-state index in [2.05, 4.69) is 5.32 Å². The molecule has 0 heterocycles. The SMILES string of the molecule is COc1cc(/C=C/C(=O)NCc2ccc([N+](=O)[O-])cc2)ccc1OCC#N. The number of nitro groups is 1. The monoisotopic (exact) mass is 367 g/mol. The van der Waals surface area contributed by atoms with E-state index in [1.807, 2.05) is 6.07 Å². The largest absolute Gasteiger partial charge is 0.493 e. The number of carbonyl (C=O) groups excluding carboxylic acids is 1. The number of nitro benzene ring substituents is 1. The van der Waals surface area contributed by atoms with Gasteiger partial charge < -0.3 is 14.8 Å². The fraction of sp³-hybridized carbons (Fsp3) is 0.158. The van der Waals surface area contributed by atoms with Gasteiger partial charge in [0.2, 0.25) is 5.91 Å². The van der Waals surface area contributed by atoms with Crippen LogP contribution in [-0.2, 0) is 11.3 Å². The first-order valence-electron chi connectivity index (χ1n) is 7.90. The zero-order valence-electron chi connectivity index (χ0n) is 14.5. The highest BCUT2D eigenvalue weighted by molar-refractivity contribution is 5.91. The summed E-state index contributed by atoms with van der Waals surface area (Å²) in [5.74, 6) is 0.592. The molecule has 8 heteroatoms. The first kappa shape index (κ1) is 19.5. The standard InChI is InChI=1S/C19H17N3O5/c1-26-18-12-14(4-8-17(18)27-11-10-20)5-9-19(23)21-13-15-2-6-16(7-3-15)22(24)25/h2-9,12H,11,13H2,1H3,(H,21,23)/b9-5+. The zero-order chi connectivity index (χ0) is 19.6. The summed E-state index contributed by atoms with van der Waals surface area (Å²) in [6.07, 6.45) is 2.98. The van der Waals surface area contributed by atoms with Gasteiger partial charge in [0.1, 0.15) is 6.07 Å². The molecular weight excluding hydrogens is 350 g/mol. The van der Waals surface area contributed by atoms with Gasteiger partial charge in [-0.25, -0.2) is 0 Å². The minimum atomic E-state index is -0.476. The van der Waals surface area contributed by atoms with Gasteiger partial charge in [0.05, 0.1) is 12.0 Å². The summed E-state index contributed by atoms with van der Waals surface area (Å²) >= 11 is 0. The summed E-state index contributed by atoms with van der Waals surface area (Å²) in [5.41, 5.74) is 1.48.